The molecule has 0 saturated heterocycles. The van der Waals surface area contributed by atoms with Gasteiger partial charge in [-0.25, -0.2) is 0 Å². The van der Waals surface area contributed by atoms with Crippen molar-refractivity contribution in [3.8, 4) is 0 Å². The van der Waals surface area contributed by atoms with Gasteiger partial charge in [-0.2, -0.15) is 0 Å². The molecule has 55 heavy (non-hydrogen) atoms. The fourth-order valence-electron chi connectivity index (χ4n) is 7.93. The third-order valence-corrected chi connectivity index (χ3v) is 10.9. The minimum absolute atomic E-state index is 0.775. The molecule has 0 radical (unpaired) electrons. The second-order valence-electron chi connectivity index (χ2n) is 14.5. The highest BCUT2D eigenvalue weighted by atomic mass is 15.2. The highest BCUT2D eigenvalue weighted by molar-refractivity contribution is 5.86. The van der Waals surface area contributed by atoms with Crippen LogP contribution in [0.1, 0.15) is 59.6 Å². The summed E-state index contributed by atoms with van der Waals surface area (Å²) in [6, 6.07) is 45.0. The minimum Gasteiger partial charge on any atom is -0.398 e. The van der Waals surface area contributed by atoms with Crippen molar-refractivity contribution < 1.29 is 0 Å². The van der Waals surface area contributed by atoms with Crippen molar-refractivity contribution in [1.29, 1.82) is 0 Å². The number of rotatable bonds is 8. The van der Waals surface area contributed by atoms with E-state index in [-0.39, 0.29) is 0 Å². The number of para-hydroxylation sites is 2. The Bertz CT molecular complexity index is 2450. The molecule has 0 atom stereocenters. The molecule has 270 valence electrons. The lowest BCUT2D eigenvalue weighted by molar-refractivity contribution is 0.477. The number of nitrogens with zero attached hydrogens (tertiary/aromatic N) is 2. The van der Waals surface area contributed by atoms with Crippen LogP contribution in [-0.2, 0) is 12.8 Å². The lowest BCUT2D eigenvalue weighted by Gasteiger charge is -2.37. The fraction of sp³-hybridized carbons (Fsp3) is 0.115. The van der Waals surface area contributed by atoms with Crippen LogP contribution in [0.5, 0.6) is 0 Å². The Balaban J connectivity index is 1.20. The number of fused-ring (bicyclic) bond motifs is 2. The third kappa shape index (κ3) is 7.47. The van der Waals surface area contributed by atoms with E-state index in [2.05, 4.69) is 188 Å². The third-order valence-electron chi connectivity index (χ3n) is 10.9. The van der Waals surface area contributed by atoms with Gasteiger partial charge >= 0.3 is 0 Å². The fourth-order valence-corrected chi connectivity index (χ4v) is 7.93. The Morgan fingerprint density at radius 2 is 1.49 bits per heavy atom. The summed E-state index contributed by atoms with van der Waals surface area (Å²) in [7, 11) is 0. The molecule has 5 aromatic rings. The van der Waals surface area contributed by atoms with Gasteiger partial charge in [0, 0.05) is 58.6 Å². The Labute approximate surface area is 326 Å². The van der Waals surface area contributed by atoms with Crippen LogP contribution >= 0.6 is 0 Å². The first-order valence-corrected chi connectivity index (χ1v) is 19.2. The predicted octanol–water partition coefficient (Wildman–Crippen LogP) is 13.0. The van der Waals surface area contributed by atoms with Gasteiger partial charge in [-0.15, -0.1) is 0 Å². The van der Waals surface area contributed by atoms with Gasteiger partial charge in [0.05, 0.1) is 5.69 Å². The largest absolute Gasteiger partial charge is 0.398 e. The smallest absolute Gasteiger partial charge is 0.0531 e. The average molecular weight is 714 g/mol. The maximum Gasteiger partial charge on any atom is 0.0531 e. The Hall–Kier alpha value is -6.58. The van der Waals surface area contributed by atoms with E-state index in [1.165, 1.54) is 44.9 Å². The average Bonchev–Trinajstić information content (AvgIpc) is 3.75. The van der Waals surface area contributed by atoms with Crippen LogP contribution in [0.4, 0.5) is 17.1 Å². The number of benzene rings is 5. The molecular weight excluding hydrogens is 667 g/mol. The van der Waals surface area contributed by atoms with Gasteiger partial charge in [0.25, 0.3) is 0 Å². The Morgan fingerprint density at radius 3 is 2.27 bits per heavy atom. The molecule has 0 spiro atoms. The molecule has 3 nitrogen and oxygen atoms in total. The topological polar surface area (TPSA) is 32.5 Å². The molecular formula is C52H47N3. The zero-order chi connectivity index (χ0) is 37.7. The molecule has 0 fully saturated rings. The van der Waals surface area contributed by atoms with Crippen molar-refractivity contribution in [2.45, 2.75) is 39.0 Å². The van der Waals surface area contributed by atoms with E-state index in [0.717, 1.165) is 77.0 Å². The zero-order valence-electron chi connectivity index (χ0n) is 31.6. The summed E-state index contributed by atoms with van der Waals surface area (Å²) in [5.41, 5.74) is 25.0. The number of nitrogen functional groups attached to an aromatic ring is 1. The van der Waals surface area contributed by atoms with Gasteiger partial charge in [-0.3, -0.25) is 0 Å². The molecule has 0 aromatic heterocycles. The van der Waals surface area contributed by atoms with Crippen LogP contribution in [-0.4, -0.2) is 4.90 Å². The van der Waals surface area contributed by atoms with Gasteiger partial charge in [-0.1, -0.05) is 147 Å². The van der Waals surface area contributed by atoms with Crippen LogP contribution in [0.2, 0.25) is 0 Å². The first-order chi connectivity index (χ1) is 26.9. The second kappa shape index (κ2) is 15.8. The molecule has 0 unspecified atom stereocenters. The van der Waals surface area contributed by atoms with E-state index in [1.54, 1.807) is 0 Å². The van der Waals surface area contributed by atoms with Crippen molar-refractivity contribution in [3.05, 3.63) is 239 Å². The summed E-state index contributed by atoms with van der Waals surface area (Å²) in [5, 5.41) is 0. The summed E-state index contributed by atoms with van der Waals surface area (Å²) < 4.78 is 0. The highest BCUT2D eigenvalue weighted by Gasteiger charge is 2.27. The van der Waals surface area contributed by atoms with Gasteiger partial charge in [-0.05, 0) is 101 Å². The van der Waals surface area contributed by atoms with Gasteiger partial charge in [0.1, 0.15) is 0 Å². The van der Waals surface area contributed by atoms with Crippen molar-refractivity contribution in [3.63, 3.8) is 0 Å². The predicted molar refractivity (Wildman–Crippen MR) is 234 cm³/mol. The molecule has 1 heterocycles. The molecule has 2 N–H and O–H groups in total. The first-order valence-electron chi connectivity index (χ1n) is 19.2. The molecule has 0 saturated carbocycles. The van der Waals surface area contributed by atoms with E-state index in [1.807, 2.05) is 12.1 Å². The summed E-state index contributed by atoms with van der Waals surface area (Å²) in [6.07, 6.45) is 20.0. The van der Waals surface area contributed by atoms with E-state index < -0.39 is 0 Å². The van der Waals surface area contributed by atoms with E-state index in [4.69, 9.17) is 5.73 Å². The van der Waals surface area contributed by atoms with Crippen LogP contribution in [0.25, 0.3) is 16.7 Å². The quantitative estimate of drug-likeness (QED) is 0.163. The molecule has 1 aliphatic heterocycles. The molecule has 5 aromatic carbocycles. The lowest BCUT2D eigenvalue weighted by Crippen LogP contribution is -2.27. The van der Waals surface area contributed by atoms with E-state index in [0.29, 0.717) is 0 Å². The molecule has 0 amide bonds. The molecule has 3 aliphatic rings. The number of hydrogen-bond acceptors (Lipinski definition) is 3. The number of hydrogen-bond donors (Lipinski definition) is 1. The highest BCUT2D eigenvalue weighted by Crippen LogP contribution is 2.42. The summed E-state index contributed by atoms with van der Waals surface area (Å²) in [6.45, 7) is 11.3. The standard InChI is InChI=1S/C52H47N3/c1-37-25-26-39(3)52(35-42-17-7-10-20-46(37)42)55(44-18-8-9-19-44)45-31-27-38(2)47-21-12-14-24-51(47)54(36-45)43-32-28-40(29-33-43)30-34-48(41-15-5-4-6-16-41)49-22-11-13-23-50(49)53/h4-18,20-26,28-29,32-34,36H,1-2,19,27,30-31,35,53H2,3H3/b26-25-,45-36+,48-34-,52-39+. The summed E-state index contributed by atoms with van der Waals surface area (Å²) >= 11 is 0. The minimum atomic E-state index is 0.775. The van der Waals surface area contributed by atoms with Crippen molar-refractivity contribution >= 4 is 33.8 Å². The van der Waals surface area contributed by atoms with Gasteiger partial charge < -0.3 is 15.5 Å². The number of nitrogens with two attached hydrogens (primary N) is 1. The van der Waals surface area contributed by atoms with Crippen molar-refractivity contribution in [2.24, 2.45) is 0 Å². The van der Waals surface area contributed by atoms with E-state index >= 15 is 0 Å². The van der Waals surface area contributed by atoms with Crippen molar-refractivity contribution in [1.82, 2.24) is 4.90 Å². The van der Waals surface area contributed by atoms with Crippen LogP contribution in [0, 0.1) is 0 Å². The maximum atomic E-state index is 6.49. The zero-order valence-corrected chi connectivity index (χ0v) is 31.6. The van der Waals surface area contributed by atoms with Gasteiger partial charge in [0.2, 0.25) is 0 Å². The number of allylic oxidation sites excluding steroid dienone is 11. The maximum absolute atomic E-state index is 6.49. The second-order valence-corrected chi connectivity index (χ2v) is 14.5. The van der Waals surface area contributed by atoms with Crippen LogP contribution in [0.3, 0.4) is 0 Å². The molecule has 3 heteroatoms. The summed E-state index contributed by atoms with van der Waals surface area (Å²) in [5.74, 6) is 0. The Kier molecular flexibility index (Phi) is 10.2. The Morgan fingerprint density at radius 1 is 0.764 bits per heavy atom. The normalized spacial score (nSPS) is 18.6. The molecule has 0 bridgehead atoms. The molecule has 8 rings (SSSR count). The van der Waals surface area contributed by atoms with Crippen molar-refractivity contribution in [2.75, 3.05) is 10.6 Å². The first kappa shape index (κ1) is 35.4. The van der Waals surface area contributed by atoms with E-state index in [9.17, 15) is 0 Å². The summed E-state index contributed by atoms with van der Waals surface area (Å²) in [4.78, 5) is 4.91. The van der Waals surface area contributed by atoms with Crippen LogP contribution < -0.4 is 10.6 Å². The molecule has 2 aliphatic carbocycles. The lowest BCUT2D eigenvalue weighted by atomic mass is 9.91. The SMILES string of the molecule is C=C1/C=C\C(C)=C(\N(C2=CC=CC2)/C2=C/N(c3ccc(C/C=C(/c4ccccc4)c4ccccc4N)cc3)c3ccccc3C(=C)CC2)Cc2ccccc21. The number of anilines is 3. The van der Waals surface area contributed by atoms with Crippen LogP contribution in [0.15, 0.2) is 206 Å². The monoisotopic (exact) mass is 713 g/mol. The van der Waals surface area contributed by atoms with Gasteiger partial charge in [0.15, 0.2) is 0 Å².